The molecule has 1 fully saturated rings. The SMILES string of the molecule is CC(CC(=O)NCC(O)c1ccc2ccccc2c1)C1CCNCC1.Cl. The number of hydrogen-bond acceptors (Lipinski definition) is 3. The van der Waals surface area contributed by atoms with Crippen molar-refractivity contribution in [2.24, 2.45) is 11.8 Å². The molecule has 142 valence electrons. The quantitative estimate of drug-likeness (QED) is 0.723. The molecule has 1 aliphatic heterocycles. The smallest absolute Gasteiger partial charge is 0.220 e. The number of carbonyl (C=O) groups is 1. The second-order valence-electron chi connectivity index (χ2n) is 7.20. The predicted molar refractivity (Wildman–Crippen MR) is 109 cm³/mol. The fourth-order valence-corrected chi connectivity index (χ4v) is 3.69. The Morgan fingerprint density at radius 3 is 2.62 bits per heavy atom. The largest absolute Gasteiger partial charge is 0.387 e. The van der Waals surface area contributed by atoms with E-state index in [4.69, 9.17) is 0 Å². The van der Waals surface area contributed by atoms with Crippen molar-refractivity contribution in [1.29, 1.82) is 0 Å². The second-order valence-corrected chi connectivity index (χ2v) is 7.20. The first-order valence-electron chi connectivity index (χ1n) is 9.27. The van der Waals surface area contributed by atoms with Gasteiger partial charge in [-0.25, -0.2) is 0 Å². The monoisotopic (exact) mass is 376 g/mol. The van der Waals surface area contributed by atoms with Crippen LogP contribution in [0.2, 0.25) is 0 Å². The Morgan fingerprint density at radius 2 is 1.88 bits per heavy atom. The third-order valence-electron chi connectivity index (χ3n) is 5.35. The first kappa shape index (κ1) is 20.7. The van der Waals surface area contributed by atoms with Gasteiger partial charge in [-0.2, -0.15) is 0 Å². The highest BCUT2D eigenvalue weighted by atomic mass is 35.5. The lowest BCUT2D eigenvalue weighted by Crippen LogP contribution is -2.34. The van der Waals surface area contributed by atoms with Crippen LogP contribution in [-0.4, -0.2) is 30.6 Å². The summed E-state index contributed by atoms with van der Waals surface area (Å²) >= 11 is 0. The van der Waals surface area contributed by atoms with Crippen LogP contribution in [0, 0.1) is 11.8 Å². The number of amides is 1. The van der Waals surface area contributed by atoms with E-state index in [0.29, 0.717) is 18.3 Å². The molecule has 2 atom stereocenters. The van der Waals surface area contributed by atoms with Crippen LogP contribution in [-0.2, 0) is 4.79 Å². The van der Waals surface area contributed by atoms with Gasteiger partial charge in [0.1, 0.15) is 0 Å². The standard InChI is InChI=1S/C21H28N2O2.ClH/c1-15(16-8-10-22-11-9-16)12-21(25)23-14-20(24)19-7-6-17-4-2-3-5-18(17)13-19;/h2-7,13,15-16,20,22,24H,8-12,14H2,1H3,(H,23,25);1H. The zero-order chi connectivity index (χ0) is 17.6. The number of carbonyl (C=O) groups excluding carboxylic acids is 1. The zero-order valence-corrected chi connectivity index (χ0v) is 16.1. The van der Waals surface area contributed by atoms with Crippen LogP contribution in [0.25, 0.3) is 10.8 Å². The molecule has 0 aliphatic carbocycles. The fourth-order valence-electron chi connectivity index (χ4n) is 3.69. The molecular weight excluding hydrogens is 348 g/mol. The van der Waals surface area contributed by atoms with Gasteiger partial charge in [0.15, 0.2) is 0 Å². The van der Waals surface area contributed by atoms with Crippen molar-refractivity contribution in [3.05, 3.63) is 48.0 Å². The van der Waals surface area contributed by atoms with Crippen LogP contribution < -0.4 is 10.6 Å². The topological polar surface area (TPSA) is 61.4 Å². The lowest BCUT2D eigenvalue weighted by molar-refractivity contribution is -0.122. The molecule has 26 heavy (non-hydrogen) atoms. The van der Waals surface area contributed by atoms with Crippen LogP contribution in [0.1, 0.15) is 37.9 Å². The Balaban J connectivity index is 0.00000243. The molecule has 0 radical (unpaired) electrons. The number of aliphatic hydroxyl groups excluding tert-OH is 1. The lowest BCUT2D eigenvalue weighted by Gasteiger charge is -2.28. The molecule has 0 saturated carbocycles. The van der Waals surface area contributed by atoms with Crippen molar-refractivity contribution in [1.82, 2.24) is 10.6 Å². The number of halogens is 1. The van der Waals surface area contributed by atoms with E-state index in [0.717, 1.165) is 42.3 Å². The van der Waals surface area contributed by atoms with Gasteiger partial charge in [-0.05, 0) is 60.2 Å². The molecule has 1 aliphatic rings. The predicted octanol–water partition coefficient (Wildman–Crippen LogP) is 3.44. The maximum Gasteiger partial charge on any atom is 0.220 e. The minimum Gasteiger partial charge on any atom is -0.387 e. The van der Waals surface area contributed by atoms with Gasteiger partial charge in [-0.3, -0.25) is 4.79 Å². The van der Waals surface area contributed by atoms with E-state index < -0.39 is 6.10 Å². The summed E-state index contributed by atoms with van der Waals surface area (Å²) in [6, 6.07) is 14.0. The summed E-state index contributed by atoms with van der Waals surface area (Å²) in [5, 5.41) is 18.9. The van der Waals surface area contributed by atoms with Crippen molar-refractivity contribution in [2.45, 2.75) is 32.3 Å². The van der Waals surface area contributed by atoms with Gasteiger partial charge >= 0.3 is 0 Å². The molecule has 1 heterocycles. The number of nitrogens with one attached hydrogen (secondary N) is 2. The number of hydrogen-bond donors (Lipinski definition) is 3. The minimum atomic E-state index is -0.678. The summed E-state index contributed by atoms with van der Waals surface area (Å²) < 4.78 is 0. The Kier molecular flexibility index (Phi) is 7.88. The third kappa shape index (κ3) is 5.44. The van der Waals surface area contributed by atoms with E-state index in [1.165, 1.54) is 0 Å². The molecule has 0 bridgehead atoms. The fraction of sp³-hybridized carbons (Fsp3) is 0.476. The van der Waals surface area contributed by atoms with Crippen molar-refractivity contribution >= 4 is 29.1 Å². The van der Waals surface area contributed by atoms with Crippen LogP contribution in [0.3, 0.4) is 0 Å². The molecule has 0 spiro atoms. The second kappa shape index (κ2) is 9.91. The molecule has 1 saturated heterocycles. The van der Waals surface area contributed by atoms with Gasteiger partial charge in [0.05, 0.1) is 6.10 Å². The minimum absolute atomic E-state index is 0. The van der Waals surface area contributed by atoms with Gasteiger partial charge in [-0.15, -0.1) is 12.4 Å². The Morgan fingerprint density at radius 1 is 1.19 bits per heavy atom. The van der Waals surface area contributed by atoms with Crippen molar-refractivity contribution in [3.63, 3.8) is 0 Å². The highest BCUT2D eigenvalue weighted by Gasteiger charge is 2.22. The van der Waals surface area contributed by atoms with Gasteiger partial charge in [0.25, 0.3) is 0 Å². The number of benzene rings is 2. The molecule has 5 heteroatoms. The van der Waals surface area contributed by atoms with Crippen LogP contribution in [0.15, 0.2) is 42.5 Å². The first-order valence-corrected chi connectivity index (χ1v) is 9.27. The van der Waals surface area contributed by atoms with Crippen LogP contribution in [0.4, 0.5) is 0 Å². The maximum atomic E-state index is 12.2. The van der Waals surface area contributed by atoms with E-state index in [-0.39, 0.29) is 24.9 Å². The summed E-state index contributed by atoms with van der Waals surface area (Å²) in [4.78, 5) is 12.2. The zero-order valence-electron chi connectivity index (χ0n) is 15.3. The molecule has 2 aromatic rings. The average molecular weight is 377 g/mol. The summed E-state index contributed by atoms with van der Waals surface area (Å²) in [7, 11) is 0. The highest BCUT2D eigenvalue weighted by Crippen LogP contribution is 2.24. The van der Waals surface area contributed by atoms with E-state index in [1.807, 2.05) is 36.4 Å². The third-order valence-corrected chi connectivity index (χ3v) is 5.35. The molecule has 0 aromatic heterocycles. The molecule has 2 unspecified atom stereocenters. The Hall–Kier alpha value is -1.62. The van der Waals surface area contributed by atoms with Gasteiger partial charge in [0, 0.05) is 13.0 Å². The number of fused-ring (bicyclic) bond motifs is 1. The van der Waals surface area contributed by atoms with E-state index in [1.54, 1.807) is 0 Å². The van der Waals surface area contributed by atoms with Gasteiger partial charge in [0.2, 0.25) is 5.91 Å². The highest BCUT2D eigenvalue weighted by molar-refractivity contribution is 5.85. The summed E-state index contributed by atoms with van der Waals surface area (Å²) in [5.41, 5.74) is 0.838. The maximum absolute atomic E-state index is 12.2. The Bertz CT molecular complexity index is 716. The lowest BCUT2D eigenvalue weighted by atomic mass is 9.84. The molecule has 3 N–H and O–H groups in total. The first-order chi connectivity index (χ1) is 12.1. The summed E-state index contributed by atoms with van der Waals surface area (Å²) in [6.45, 7) is 4.53. The summed E-state index contributed by atoms with van der Waals surface area (Å²) in [6.07, 6.45) is 2.15. The number of piperidine rings is 1. The molecule has 1 amide bonds. The molecule has 4 nitrogen and oxygen atoms in total. The number of aliphatic hydroxyl groups is 1. The normalized spacial score (nSPS) is 17.3. The summed E-state index contributed by atoms with van der Waals surface area (Å²) in [5.74, 6) is 1.04. The Labute approximate surface area is 161 Å². The van der Waals surface area contributed by atoms with Gasteiger partial charge < -0.3 is 15.7 Å². The van der Waals surface area contributed by atoms with E-state index in [2.05, 4.69) is 23.6 Å². The van der Waals surface area contributed by atoms with Crippen molar-refractivity contribution in [3.8, 4) is 0 Å². The average Bonchev–Trinajstić information content (AvgIpc) is 2.66. The van der Waals surface area contributed by atoms with Crippen molar-refractivity contribution < 1.29 is 9.90 Å². The molecule has 2 aromatic carbocycles. The number of rotatable bonds is 6. The van der Waals surface area contributed by atoms with E-state index in [9.17, 15) is 9.90 Å². The molecule has 3 rings (SSSR count). The molecular formula is C21H29ClN2O2. The van der Waals surface area contributed by atoms with Crippen molar-refractivity contribution in [2.75, 3.05) is 19.6 Å². The van der Waals surface area contributed by atoms with Crippen LogP contribution in [0.5, 0.6) is 0 Å². The van der Waals surface area contributed by atoms with Gasteiger partial charge in [-0.1, -0.05) is 43.3 Å². The van der Waals surface area contributed by atoms with Crippen LogP contribution >= 0.6 is 12.4 Å². The van der Waals surface area contributed by atoms with E-state index >= 15 is 0 Å².